The van der Waals surface area contributed by atoms with E-state index in [0.717, 1.165) is 11.1 Å². The number of pyridine rings is 1. The van der Waals surface area contributed by atoms with Crippen molar-refractivity contribution in [2.45, 2.75) is 20.0 Å². The van der Waals surface area contributed by atoms with E-state index in [1.54, 1.807) is 18.1 Å². The van der Waals surface area contributed by atoms with E-state index in [2.05, 4.69) is 27.4 Å². The lowest BCUT2D eigenvalue weighted by atomic mass is 10.0. The molecule has 0 spiro atoms. The molecule has 5 rings (SSSR count). The van der Waals surface area contributed by atoms with Crippen molar-refractivity contribution in [1.82, 2.24) is 24.8 Å². The summed E-state index contributed by atoms with van der Waals surface area (Å²) in [7, 11) is 1.79. The number of aromatic nitrogens is 4. The molecule has 0 radical (unpaired) electrons. The van der Waals surface area contributed by atoms with Gasteiger partial charge in [0.25, 0.3) is 11.6 Å². The number of benzene rings is 2. The summed E-state index contributed by atoms with van der Waals surface area (Å²) in [6.45, 7) is 2.94. The van der Waals surface area contributed by atoms with Gasteiger partial charge in [-0.05, 0) is 18.6 Å². The Morgan fingerprint density at radius 3 is 2.52 bits per heavy atom. The summed E-state index contributed by atoms with van der Waals surface area (Å²) in [5.41, 5.74) is 5.24. The molecule has 0 unspecified atom stereocenters. The van der Waals surface area contributed by atoms with Gasteiger partial charge in [-0.25, -0.2) is 4.98 Å². The second-order valence-corrected chi connectivity index (χ2v) is 8.06. The summed E-state index contributed by atoms with van der Waals surface area (Å²) >= 11 is 0. The molecule has 33 heavy (non-hydrogen) atoms. The quantitative estimate of drug-likeness (QED) is 0.384. The predicted molar refractivity (Wildman–Crippen MR) is 126 cm³/mol. The normalized spacial score (nSPS) is 11.1. The molecule has 0 aliphatic carbocycles. The van der Waals surface area contributed by atoms with Gasteiger partial charge in [0.1, 0.15) is 0 Å². The van der Waals surface area contributed by atoms with Gasteiger partial charge in [-0.15, -0.1) is 0 Å². The molecule has 0 aliphatic heterocycles. The molecule has 7 nitrogen and oxygen atoms in total. The van der Waals surface area contributed by atoms with E-state index in [4.69, 9.17) is 4.52 Å². The summed E-state index contributed by atoms with van der Waals surface area (Å²) in [6, 6.07) is 21.7. The third-order valence-electron chi connectivity index (χ3n) is 5.56. The maximum absolute atomic E-state index is 13.5. The summed E-state index contributed by atoms with van der Waals surface area (Å²) in [5.74, 6) is -0.123. The van der Waals surface area contributed by atoms with Gasteiger partial charge in [-0.1, -0.05) is 65.8 Å². The molecular weight excluding hydrogens is 414 g/mol. The first-order chi connectivity index (χ1) is 16.1. The summed E-state index contributed by atoms with van der Waals surface area (Å²) in [6.07, 6.45) is 3.77. The Hall–Kier alpha value is -4.26. The zero-order valence-corrected chi connectivity index (χ0v) is 18.5. The fourth-order valence-corrected chi connectivity index (χ4v) is 3.92. The summed E-state index contributed by atoms with van der Waals surface area (Å²) < 4.78 is 7.29. The van der Waals surface area contributed by atoms with Gasteiger partial charge < -0.3 is 9.42 Å². The van der Waals surface area contributed by atoms with E-state index in [-0.39, 0.29) is 5.91 Å². The van der Waals surface area contributed by atoms with Gasteiger partial charge in [-0.3, -0.25) is 9.48 Å². The van der Waals surface area contributed by atoms with Crippen LogP contribution in [-0.2, 0) is 13.1 Å². The number of hydrogen-bond acceptors (Lipinski definition) is 5. The topological polar surface area (TPSA) is 77.1 Å². The Morgan fingerprint density at radius 1 is 1.03 bits per heavy atom. The lowest BCUT2D eigenvalue weighted by Gasteiger charge is -2.17. The van der Waals surface area contributed by atoms with Gasteiger partial charge in [0.2, 0.25) is 0 Å². The van der Waals surface area contributed by atoms with Crippen molar-refractivity contribution in [1.29, 1.82) is 0 Å². The molecule has 3 heterocycles. The molecule has 0 fully saturated rings. The minimum atomic E-state index is -0.123. The maximum atomic E-state index is 13.5. The van der Waals surface area contributed by atoms with Gasteiger partial charge in [0.05, 0.1) is 35.1 Å². The highest BCUT2D eigenvalue weighted by Gasteiger charge is 2.22. The van der Waals surface area contributed by atoms with Crippen LogP contribution < -0.4 is 0 Å². The van der Waals surface area contributed by atoms with Crippen LogP contribution in [0.1, 0.15) is 27.2 Å². The van der Waals surface area contributed by atoms with E-state index < -0.39 is 0 Å². The number of nitrogens with zero attached hydrogens (tertiary/aromatic N) is 5. The van der Waals surface area contributed by atoms with Crippen molar-refractivity contribution in [3.05, 3.63) is 102 Å². The Bertz CT molecular complexity index is 1410. The molecule has 0 saturated heterocycles. The standard InChI is InChI=1S/C26H23N5O2/c1-18-24-22(13-23(28-25(24)33-29-18)21-11-7-4-8-12-21)26(32)30(2)15-20-14-27-31(17-20)16-19-9-5-3-6-10-19/h3-14,17H,15-16H2,1-2H3. The predicted octanol–water partition coefficient (Wildman–Crippen LogP) is 4.72. The van der Waals surface area contributed by atoms with Crippen molar-refractivity contribution in [2.75, 3.05) is 7.05 Å². The summed E-state index contributed by atoms with van der Waals surface area (Å²) in [4.78, 5) is 19.8. The van der Waals surface area contributed by atoms with E-state index in [1.165, 1.54) is 5.56 Å². The molecule has 1 amide bonds. The van der Waals surface area contributed by atoms with Crippen LogP contribution in [-0.4, -0.2) is 37.8 Å². The van der Waals surface area contributed by atoms with Crippen LogP contribution in [0.5, 0.6) is 0 Å². The lowest BCUT2D eigenvalue weighted by molar-refractivity contribution is 0.0787. The van der Waals surface area contributed by atoms with Crippen molar-refractivity contribution in [3.8, 4) is 11.3 Å². The van der Waals surface area contributed by atoms with Crippen LogP contribution in [0.4, 0.5) is 0 Å². The monoisotopic (exact) mass is 437 g/mol. The highest BCUT2D eigenvalue weighted by molar-refractivity contribution is 6.06. The van der Waals surface area contributed by atoms with Crippen molar-refractivity contribution < 1.29 is 9.32 Å². The first-order valence-corrected chi connectivity index (χ1v) is 10.7. The van der Waals surface area contributed by atoms with Crippen LogP contribution in [0.25, 0.3) is 22.4 Å². The number of amides is 1. The van der Waals surface area contributed by atoms with Crippen molar-refractivity contribution in [3.63, 3.8) is 0 Å². The van der Waals surface area contributed by atoms with Crippen LogP contribution in [0.2, 0.25) is 0 Å². The first-order valence-electron chi connectivity index (χ1n) is 10.7. The number of hydrogen-bond donors (Lipinski definition) is 0. The molecule has 0 atom stereocenters. The second kappa shape index (κ2) is 8.70. The maximum Gasteiger partial charge on any atom is 0.259 e. The van der Waals surface area contributed by atoms with Gasteiger partial charge in [0, 0.05) is 30.9 Å². The number of carbonyl (C=O) groups excluding carboxylic acids is 1. The Morgan fingerprint density at radius 2 is 1.76 bits per heavy atom. The average Bonchev–Trinajstić information content (AvgIpc) is 3.45. The third-order valence-corrected chi connectivity index (χ3v) is 5.56. The van der Waals surface area contributed by atoms with Crippen molar-refractivity contribution in [2.24, 2.45) is 0 Å². The fraction of sp³-hybridized carbons (Fsp3) is 0.154. The third kappa shape index (κ3) is 4.25. The zero-order chi connectivity index (χ0) is 22.8. The minimum Gasteiger partial charge on any atom is -0.337 e. The fourth-order valence-electron chi connectivity index (χ4n) is 3.92. The molecule has 164 valence electrons. The average molecular weight is 438 g/mol. The highest BCUT2D eigenvalue weighted by atomic mass is 16.5. The first kappa shape index (κ1) is 20.6. The molecule has 7 heteroatoms. The molecule has 3 aromatic heterocycles. The molecule has 0 saturated carbocycles. The van der Waals surface area contributed by atoms with E-state index in [9.17, 15) is 4.79 Å². The molecule has 0 aliphatic rings. The van der Waals surface area contributed by atoms with E-state index in [0.29, 0.717) is 41.1 Å². The Labute approximate surface area is 191 Å². The lowest BCUT2D eigenvalue weighted by Crippen LogP contribution is -2.26. The van der Waals surface area contributed by atoms with Gasteiger partial charge in [0.15, 0.2) is 0 Å². The number of fused-ring (bicyclic) bond motifs is 1. The SMILES string of the molecule is Cc1noc2nc(-c3ccccc3)cc(C(=O)N(C)Cc3cnn(Cc4ccccc4)c3)c12. The van der Waals surface area contributed by atoms with Crippen LogP contribution in [0.15, 0.2) is 83.6 Å². The number of carbonyl (C=O) groups is 1. The van der Waals surface area contributed by atoms with E-state index in [1.807, 2.05) is 72.4 Å². The second-order valence-electron chi connectivity index (χ2n) is 8.06. The smallest absolute Gasteiger partial charge is 0.259 e. The Kier molecular flexibility index (Phi) is 5.44. The van der Waals surface area contributed by atoms with Crippen LogP contribution >= 0.6 is 0 Å². The molecule has 0 N–H and O–H groups in total. The van der Waals surface area contributed by atoms with Gasteiger partial charge in [-0.2, -0.15) is 5.10 Å². The molecule has 0 bridgehead atoms. The number of rotatable bonds is 6. The molecular formula is C26H23N5O2. The van der Waals surface area contributed by atoms with Crippen molar-refractivity contribution >= 4 is 17.0 Å². The van der Waals surface area contributed by atoms with Crippen LogP contribution in [0, 0.1) is 6.92 Å². The molecule has 5 aromatic rings. The largest absolute Gasteiger partial charge is 0.337 e. The highest BCUT2D eigenvalue weighted by Crippen LogP contribution is 2.28. The summed E-state index contributed by atoms with van der Waals surface area (Å²) in [5, 5.41) is 9.13. The zero-order valence-electron chi connectivity index (χ0n) is 18.5. The van der Waals surface area contributed by atoms with Gasteiger partial charge >= 0.3 is 0 Å². The minimum absolute atomic E-state index is 0.123. The molecule has 2 aromatic carbocycles. The van der Waals surface area contributed by atoms with E-state index >= 15 is 0 Å². The Balaban J connectivity index is 1.41. The number of aryl methyl sites for hydroxylation is 1. The van der Waals surface area contributed by atoms with Crippen LogP contribution in [0.3, 0.4) is 0 Å².